The summed E-state index contributed by atoms with van der Waals surface area (Å²) < 4.78 is 26.1. The number of amides is 2. The van der Waals surface area contributed by atoms with Gasteiger partial charge in [-0.3, -0.25) is 13.9 Å². The highest BCUT2D eigenvalue weighted by atomic mass is 35.5. The molecular formula is C22H25Cl4N3O4S. The van der Waals surface area contributed by atoms with Crippen LogP contribution >= 0.6 is 46.4 Å². The number of carbonyl (C=O) groups is 2. The first-order valence-corrected chi connectivity index (χ1v) is 13.5. The smallest absolute Gasteiger partial charge is 0.244 e. The zero-order valence-corrected chi connectivity index (χ0v) is 22.8. The number of nitrogens with zero attached hydrogens (tertiary/aromatic N) is 2. The van der Waals surface area contributed by atoms with Gasteiger partial charge in [0.15, 0.2) is 0 Å². The molecule has 1 N–H and O–H groups in total. The van der Waals surface area contributed by atoms with Crippen molar-refractivity contribution >= 4 is 73.9 Å². The summed E-state index contributed by atoms with van der Waals surface area (Å²) in [5.41, 5.74) is 0.664. The minimum atomic E-state index is -3.97. The number of hydrogen-bond donors (Lipinski definition) is 1. The van der Waals surface area contributed by atoms with Crippen LogP contribution in [0.1, 0.15) is 26.3 Å². The second kappa shape index (κ2) is 11.8. The standard InChI is InChI=1S/C22H25Cl4N3O4S/c1-13(2)27-22(31)14(3)28(11-15-6-5-7-16(23)8-15)21(30)12-29(34(4,32)33)20-10-18(25)17(24)9-19(20)26/h5-10,13-14H,11-12H2,1-4H3,(H,27,31)/t14-/m0/s1. The molecule has 0 aromatic heterocycles. The van der Waals surface area contributed by atoms with E-state index in [0.29, 0.717) is 10.6 Å². The van der Waals surface area contributed by atoms with E-state index in [1.807, 2.05) is 0 Å². The Hall–Kier alpha value is -1.71. The third-order valence-electron chi connectivity index (χ3n) is 4.78. The van der Waals surface area contributed by atoms with Crippen molar-refractivity contribution in [3.63, 3.8) is 0 Å². The first-order valence-electron chi connectivity index (χ1n) is 10.2. The van der Waals surface area contributed by atoms with Crippen LogP contribution in [0.5, 0.6) is 0 Å². The Morgan fingerprint density at radius 2 is 1.59 bits per heavy atom. The summed E-state index contributed by atoms with van der Waals surface area (Å²) in [5, 5.41) is 3.44. The van der Waals surface area contributed by atoms with Crippen LogP contribution in [0.4, 0.5) is 5.69 Å². The van der Waals surface area contributed by atoms with E-state index in [-0.39, 0.29) is 39.2 Å². The fourth-order valence-electron chi connectivity index (χ4n) is 3.12. The SMILES string of the molecule is CC(C)NC(=O)[C@H](C)N(Cc1cccc(Cl)c1)C(=O)CN(c1cc(Cl)c(Cl)cc1Cl)S(C)(=O)=O. The molecule has 0 unspecified atom stereocenters. The van der Waals surface area contributed by atoms with Gasteiger partial charge in [-0.15, -0.1) is 0 Å². The lowest BCUT2D eigenvalue weighted by molar-refractivity contribution is -0.139. The normalized spacial score (nSPS) is 12.4. The van der Waals surface area contributed by atoms with Gasteiger partial charge in [-0.05, 0) is 50.6 Å². The molecule has 2 rings (SSSR count). The Kier molecular flexibility index (Phi) is 9.91. The fraction of sp³-hybridized carbons (Fsp3) is 0.364. The molecule has 0 aliphatic heterocycles. The van der Waals surface area contributed by atoms with Crippen molar-refractivity contribution in [3.05, 3.63) is 62.1 Å². The molecular weight excluding hydrogens is 544 g/mol. The summed E-state index contributed by atoms with van der Waals surface area (Å²) in [6.07, 6.45) is 0.940. The quantitative estimate of drug-likeness (QED) is 0.431. The van der Waals surface area contributed by atoms with Crippen molar-refractivity contribution in [2.24, 2.45) is 0 Å². The van der Waals surface area contributed by atoms with E-state index < -0.39 is 28.5 Å². The second-order valence-electron chi connectivity index (χ2n) is 7.98. The van der Waals surface area contributed by atoms with Crippen LogP contribution in [0.2, 0.25) is 20.1 Å². The lowest BCUT2D eigenvalue weighted by Crippen LogP contribution is -2.52. The van der Waals surface area contributed by atoms with Gasteiger partial charge in [-0.25, -0.2) is 8.42 Å². The molecule has 186 valence electrons. The predicted molar refractivity (Wildman–Crippen MR) is 138 cm³/mol. The number of benzene rings is 2. The average molecular weight is 569 g/mol. The molecule has 0 aliphatic rings. The van der Waals surface area contributed by atoms with Crippen LogP contribution in [0, 0.1) is 0 Å². The fourth-order valence-corrected chi connectivity index (χ4v) is 4.88. The molecule has 12 heteroatoms. The van der Waals surface area contributed by atoms with Crippen LogP contribution < -0.4 is 9.62 Å². The van der Waals surface area contributed by atoms with Gasteiger partial charge in [0.25, 0.3) is 0 Å². The summed E-state index contributed by atoms with van der Waals surface area (Å²) in [5.74, 6) is -1.01. The average Bonchev–Trinajstić information content (AvgIpc) is 2.71. The van der Waals surface area contributed by atoms with E-state index in [4.69, 9.17) is 46.4 Å². The number of hydrogen-bond acceptors (Lipinski definition) is 4. The van der Waals surface area contributed by atoms with E-state index in [1.165, 1.54) is 17.0 Å². The molecule has 0 saturated heterocycles. The lowest BCUT2D eigenvalue weighted by Gasteiger charge is -2.32. The number of rotatable bonds is 9. The number of anilines is 1. The zero-order valence-electron chi connectivity index (χ0n) is 19.0. The Morgan fingerprint density at radius 1 is 0.971 bits per heavy atom. The number of carbonyl (C=O) groups excluding carboxylic acids is 2. The second-order valence-corrected chi connectivity index (χ2v) is 11.5. The largest absolute Gasteiger partial charge is 0.352 e. The Bertz CT molecular complexity index is 1170. The van der Waals surface area contributed by atoms with Gasteiger partial charge in [0.05, 0.1) is 27.0 Å². The molecule has 1 atom stereocenters. The summed E-state index contributed by atoms with van der Waals surface area (Å²) in [6, 6.07) is 8.34. The molecule has 0 saturated carbocycles. The molecule has 0 bridgehead atoms. The molecule has 2 aromatic rings. The van der Waals surface area contributed by atoms with Crippen molar-refractivity contribution in [2.45, 2.75) is 39.4 Å². The number of sulfonamides is 1. The lowest BCUT2D eigenvalue weighted by atomic mass is 10.1. The molecule has 2 amide bonds. The molecule has 0 radical (unpaired) electrons. The minimum Gasteiger partial charge on any atom is -0.352 e. The molecule has 0 aliphatic carbocycles. The van der Waals surface area contributed by atoms with Crippen molar-refractivity contribution in [1.29, 1.82) is 0 Å². The maximum atomic E-state index is 13.5. The van der Waals surface area contributed by atoms with Crippen LogP contribution in [-0.2, 0) is 26.2 Å². The minimum absolute atomic E-state index is 0.000356. The van der Waals surface area contributed by atoms with Crippen molar-refractivity contribution < 1.29 is 18.0 Å². The molecule has 2 aromatic carbocycles. The predicted octanol–water partition coefficient (Wildman–Crippen LogP) is 5.01. The zero-order chi connectivity index (χ0) is 25.8. The van der Waals surface area contributed by atoms with E-state index in [1.54, 1.807) is 45.0 Å². The van der Waals surface area contributed by atoms with Crippen molar-refractivity contribution in [1.82, 2.24) is 10.2 Å². The Morgan fingerprint density at radius 3 is 2.15 bits per heavy atom. The van der Waals surface area contributed by atoms with Gasteiger partial charge in [0.2, 0.25) is 21.8 Å². The highest BCUT2D eigenvalue weighted by molar-refractivity contribution is 7.92. The highest BCUT2D eigenvalue weighted by Gasteiger charge is 2.31. The molecule has 34 heavy (non-hydrogen) atoms. The highest BCUT2D eigenvalue weighted by Crippen LogP contribution is 2.35. The maximum absolute atomic E-state index is 13.5. The first kappa shape index (κ1) is 28.5. The van der Waals surface area contributed by atoms with E-state index in [9.17, 15) is 18.0 Å². The van der Waals surface area contributed by atoms with Gasteiger partial charge in [0.1, 0.15) is 12.6 Å². The molecule has 7 nitrogen and oxygen atoms in total. The summed E-state index contributed by atoms with van der Waals surface area (Å²) in [4.78, 5) is 27.5. The monoisotopic (exact) mass is 567 g/mol. The summed E-state index contributed by atoms with van der Waals surface area (Å²) in [7, 11) is -3.97. The maximum Gasteiger partial charge on any atom is 0.244 e. The van der Waals surface area contributed by atoms with Crippen LogP contribution in [0.25, 0.3) is 0 Å². The number of nitrogens with one attached hydrogen (secondary N) is 1. The third-order valence-corrected chi connectivity index (χ3v) is 7.16. The van der Waals surface area contributed by atoms with Gasteiger partial charge < -0.3 is 10.2 Å². The van der Waals surface area contributed by atoms with Gasteiger partial charge in [-0.2, -0.15) is 0 Å². The summed E-state index contributed by atoms with van der Waals surface area (Å²) >= 11 is 24.3. The van der Waals surface area contributed by atoms with Crippen LogP contribution in [0.3, 0.4) is 0 Å². The first-order chi connectivity index (χ1) is 15.7. The van der Waals surface area contributed by atoms with Crippen molar-refractivity contribution in [2.75, 3.05) is 17.1 Å². The van der Waals surface area contributed by atoms with Crippen molar-refractivity contribution in [3.8, 4) is 0 Å². The number of halogens is 4. The summed E-state index contributed by atoms with van der Waals surface area (Å²) in [6.45, 7) is 4.57. The van der Waals surface area contributed by atoms with E-state index in [2.05, 4.69) is 5.32 Å². The van der Waals surface area contributed by atoms with Crippen LogP contribution in [-0.4, -0.2) is 50.0 Å². The molecule has 0 fully saturated rings. The van der Waals surface area contributed by atoms with E-state index >= 15 is 0 Å². The van der Waals surface area contributed by atoms with Gasteiger partial charge >= 0.3 is 0 Å². The topological polar surface area (TPSA) is 86.8 Å². The van der Waals surface area contributed by atoms with Gasteiger partial charge in [0, 0.05) is 17.6 Å². The Labute approximate surface area is 220 Å². The molecule has 0 spiro atoms. The van der Waals surface area contributed by atoms with Gasteiger partial charge in [-0.1, -0.05) is 58.5 Å². The van der Waals surface area contributed by atoms with Crippen LogP contribution in [0.15, 0.2) is 36.4 Å². The third kappa shape index (κ3) is 7.65. The molecule has 0 heterocycles. The van der Waals surface area contributed by atoms with E-state index in [0.717, 1.165) is 10.6 Å². The Balaban J connectivity index is 2.46.